The molecule has 11 heteroatoms. The number of hydrogen-bond acceptors (Lipinski definition) is 6. The molecule has 5 N–H and O–H groups in total. The molecule has 1 aromatic carbocycles. The maximum absolute atomic E-state index is 14.3. The Morgan fingerprint density at radius 1 is 1.27 bits per heavy atom. The van der Waals surface area contributed by atoms with E-state index in [0.29, 0.717) is 29.4 Å². The predicted molar refractivity (Wildman–Crippen MR) is 154 cm³/mol. The van der Waals surface area contributed by atoms with Crippen LogP contribution in [0.4, 0.5) is 15.0 Å². The molecule has 216 valence electrons. The van der Waals surface area contributed by atoms with E-state index in [2.05, 4.69) is 33.1 Å². The number of nitrogens with two attached hydrogens (primary N) is 1. The smallest absolute Gasteiger partial charge is 0.433 e. The van der Waals surface area contributed by atoms with Crippen molar-refractivity contribution in [2.45, 2.75) is 77.0 Å². The highest BCUT2D eigenvalue weighted by Gasteiger charge is 2.36. The number of hydrogen-bond donors (Lipinski definition) is 4. The summed E-state index contributed by atoms with van der Waals surface area (Å²) in [6.07, 6.45) is 11.2. The van der Waals surface area contributed by atoms with Gasteiger partial charge in [-0.3, -0.25) is 0 Å². The average molecular weight is 562 g/mol. The molecular weight excluding hydrogens is 525 g/mol. The molecule has 2 aromatic heterocycles. The SMILES string of the molecule is C#CC1CCC(Cn2c(C(C)(O)c3cccc(F)c3)nc3nc(C(N)=NC(=O)O)nc(NC(C)C4CCC4)c32)CC1. The molecule has 0 spiro atoms. The van der Waals surface area contributed by atoms with Gasteiger partial charge in [-0.05, 0) is 81.9 Å². The standard InChI is InChI=1S/C30H36FN7O3/c1-4-18-11-13-19(14-12-18)16-38-23-25(33-17(2)20-7-5-8-20)35-27(24(32)34-29(39)40)36-26(23)37-28(38)30(3,41)21-9-6-10-22(31)15-21/h1,6,9-10,15,17-20,41H,5,7-8,11-14,16H2,2-3H3,(H2,32,34)(H,39,40)(H,33,35,36). The van der Waals surface area contributed by atoms with Crippen molar-refractivity contribution in [2.75, 3.05) is 5.32 Å². The highest BCUT2D eigenvalue weighted by molar-refractivity contribution is 6.01. The molecule has 2 saturated carbocycles. The van der Waals surface area contributed by atoms with E-state index in [0.717, 1.165) is 44.9 Å². The Bertz CT molecular complexity index is 1510. The lowest BCUT2D eigenvalue weighted by atomic mass is 9.80. The summed E-state index contributed by atoms with van der Waals surface area (Å²) < 4.78 is 16.2. The zero-order valence-corrected chi connectivity index (χ0v) is 23.3. The molecule has 10 nitrogen and oxygen atoms in total. The summed E-state index contributed by atoms with van der Waals surface area (Å²) in [7, 11) is 0. The zero-order chi connectivity index (χ0) is 29.3. The van der Waals surface area contributed by atoms with E-state index in [1.165, 1.54) is 12.1 Å². The minimum atomic E-state index is -1.68. The number of carboxylic acid groups (broad SMARTS) is 1. The van der Waals surface area contributed by atoms with Crippen molar-refractivity contribution in [3.8, 4) is 12.3 Å². The van der Waals surface area contributed by atoms with Gasteiger partial charge in [0.15, 0.2) is 23.1 Å². The molecule has 0 radical (unpaired) electrons. The molecule has 2 aliphatic rings. The number of rotatable bonds is 8. The van der Waals surface area contributed by atoms with Gasteiger partial charge < -0.3 is 25.8 Å². The van der Waals surface area contributed by atoms with Gasteiger partial charge in [0.25, 0.3) is 0 Å². The topological polar surface area (TPSA) is 152 Å². The predicted octanol–water partition coefficient (Wildman–Crippen LogP) is 4.64. The lowest BCUT2D eigenvalue weighted by Gasteiger charge is -2.33. The van der Waals surface area contributed by atoms with Crippen LogP contribution in [-0.2, 0) is 12.1 Å². The number of aromatic nitrogens is 4. The van der Waals surface area contributed by atoms with Crippen molar-refractivity contribution >= 4 is 28.9 Å². The highest BCUT2D eigenvalue weighted by atomic mass is 19.1. The first-order valence-corrected chi connectivity index (χ1v) is 14.1. The number of imidazole rings is 1. The van der Waals surface area contributed by atoms with Crippen molar-refractivity contribution in [2.24, 2.45) is 28.5 Å². The first kappa shape index (κ1) is 28.5. The second kappa shape index (κ2) is 11.4. The van der Waals surface area contributed by atoms with Crippen LogP contribution in [0.5, 0.6) is 0 Å². The Labute approximate surface area is 238 Å². The summed E-state index contributed by atoms with van der Waals surface area (Å²) in [4.78, 5) is 28.5. The van der Waals surface area contributed by atoms with E-state index in [-0.39, 0.29) is 41.0 Å². The molecule has 0 saturated heterocycles. The van der Waals surface area contributed by atoms with Gasteiger partial charge >= 0.3 is 6.09 Å². The number of amidine groups is 1. The normalized spacial score (nSPS) is 22.0. The fourth-order valence-electron chi connectivity index (χ4n) is 5.92. The third kappa shape index (κ3) is 5.88. The van der Waals surface area contributed by atoms with E-state index in [1.54, 1.807) is 19.1 Å². The Kier molecular flexibility index (Phi) is 7.95. The number of nitrogens with zero attached hydrogens (tertiary/aromatic N) is 5. The van der Waals surface area contributed by atoms with Gasteiger partial charge in [0.05, 0.1) is 0 Å². The first-order valence-electron chi connectivity index (χ1n) is 14.1. The van der Waals surface area contributed by atoms with E-state index in [4.69, 9.17) is 17.1 Å². The number of nitrogens with one attached hydrogen (secondary N) is 1. The molecular formula is C30H36FN7O3. The van der Waals surface area contributed by atoms with Gasteiger partial charge in [0, 0.05) is 18.5 Å². The fourth-order valence-corrected chi connectivity index (χ4v) is 5.92. The number of carbonyl (C=O) groups is 1. The monoisotopic (exact) mass is 561 g/mol. The Morgan fingerprint density at radius 2 is 2.00 bits per heavy atom. The molecule has 2 fully saturated rings. The molecule has 2 atom stereocenters. The van der Waals surface area contributed by atoms with Crippen LogP contribution in [0.3, 0.4) is 0 Å². The molecule has 1 amide bonds. The van der Waals surface area contributed by atoms with Crippen molar-refractivity contribution in [1.29, 1.82) is 0 Å². The number of benzene rings is 1. The van der Waals surface area contributed by atoms with Gasteiger partial charge in [-0.1, -0.05) is 18.6 Å². The molecule has 0 aliphatic heterocycles. The van der Waals surface area contributed by atoms with Gasteiger partial charge in [0.2, 0.25) is 0 Å². The van der Waals surface area contributed by atoms with Crippen LogP contribution in [0.15, 0.2) is 29.3 Å². The summed E-state index contributed by atoms with van der Waals surface area (Å²) in [5.74, 6) is 3.62. The van der Waals surface area contributed by atoms with Crippen molar-refractivity contribution in [3.05, 3.63) is 47.3 Å². The largest absolute Gasteiger partial charge is 0.463 e. The second-order valence-electron chi connectivity index (χ2n) is 11.5. The Hall–Kier alpha value is -4.04. The summed E-state index contributed by atoms with van der Waals surface area (Å²) in [6, 6.07) is 5.86. The van der Waals surface area contributed by atoms with Crippen LogP contribution in [0.25, 0.3) is 11.2 Å². The van der Waals surface area contributed by atoms with E-state index >= 15 is 0 Å². The lowest BCUT2D eigenvalue weighted by Crippen LogP contribution is -2.32. The number of aliphatic hydroxyl groups is 1. The van der Waals surface area contributed by atoms with Crippen LogP contribution in [0.1, 0.15) is 76.0 Å². The van der Waals surface area contributed by atoms with Gasteiger partial charge in [0.1, 0.15) is 22.8 Å². The third-order valence-corrected chi connectivity index (χ3v) is 8.61. The van der Waals surface area contributed by atoms with Crippen LogP contribution < -0.4 is 11.1 Å². The van der Waals surface area contributed by atoms with Crippen molar-refractivity contribution in [1.82, 2.24) is 19.5 Å². The maximum atomic E-state index is 14.3. The number of amides is 1. The van der Waals surface area contributed by atoms with Crippen LogP contribution in [0, 0.1) is 35.9 Å². The van der Waals surface area contributed by atoms with Gasteiger partial charge in [-0.15, -0.1) is 12.3 Å². The number of fused-ring (bicyclic) bond motifs is 1. The summed E-state index contributed by atoms with van der Waals surface area (Å²) in [5, 5.41) is 24.6. The number of aliphatic imine (C=N–C) groups is 1. The van der Waals surface area contributed by atoms with Crippen LogP contribution in [0.2, 0.25) is 0 Å². The maximum Gasteiger partial charge on any atom is 0.433 e. The second-order valence-corrected chi connectivity index (χ2v) is 11.5. The minimum Gasteiger partial charge on any atom is -0.463 e. The highest BCUT2D eigenvalue weighted by Crippen LogP contribution is 2.38. The van der Waals surface area contributed by atoms with Gasteiger partial charge in [-0.2, -0.15) is 4.99 Å². The van der Waals surface area contributed by atoms with E-state index < -0.39 is 17.5 Å². The zero-order valence-electron chi connectivity index (χ0n) is 23.3. The van der Waals surface area contributed by atoms with Gasteiger partial charge in [-0.25, -0.2) is 24.1 Å². The molecule has 2 heterocycles. The molecule has 41 heavy (non-hydrogen) atoms. The summed E-state index contributed by atoms with van der Waals surface area (Å²) in [6.45, 7) is 4.17. The van der Waals surface area contributed by atoms with Crippen molar-refractivity contribution in [3.63, 3.8) is 0 Å². The molecule has 5 rings (SSSR count). The molecule has 3 aromatic rings. The van der Waals surface area contributed by atoms with Crippen molar-refractivity contribution < 1.29 is 19.4 Å². The van der Waals surface area contributed by atoms with E-state index in [1.807, 2.05) is 4.57 Å². The molecule has 0 bridgehead atoms. The average Bonchev–Trinajstić information content (AvgIpc) is 3.27. The first-order chi connectivity index (χ1) is 19.6. The Morgan fingerprint density at radius 3 is 2.61 bits per heavy atom. The minimum absolute atomic E-state index is 0.0638. The number of terminal acetylenes is 1. The summed E-state index contributed by atoms with van der Waals surface area (Å²) in [5.41, 5.74) is 5.42. The molecule has 2 aliphatic carbocycles. The Balaban J connectivity index is 1.69. The van der Waals surface area contributed by atoms with Crippen LogP contribution in [-0.4, -0.2) is 47.7 Å². The summed E-state index contributed by atoms with van der Waals surface area (Å²) >= 11 is 0. The quantitative estimate of drug-likeness (QED) is 0.176. The fraction of sp³-hybridized carbons (Fsp3) is 0.500. The van der Waals surface area contributed by atoms with Crippen LogP contribution >= 0.6 is 0 Å². The van der Waals surface area contributed by atoms with E-state index in [9.17, 15) is 19.4 Å². The number of halogens is 1. The molecule has 2 unspecified atom stereocenters. The number of anilines is 1. The third-order valence-electron chi connectivity index (χ3n) is 8.61. The lowest BCUT2D eigenvalue weighted by molar-refractivity contribution is 0.0864.